The van der Waals surface area contributed by atoms with Gasteiger partial charge in [0.2, 0.25) is 5.95 Å². The summed E-state index contributed by atoms with van der Waals surface area (Å²) in [6.07, 6.45) is 4.41. The molecule has 7 nitrogen and oxygen atoms in total. The van der Waals surface area contributed by atoms with Crippen molar-refractivity contribution in [2.45, 2.75) is 32.2 Å². The summed E-state index contributed by atoms with van der Waals surface area (Å²) in [6, 6.07) is 8.17. The second kappa shape index (κ2) is 7.00. The Kier molecular flexibility index (Phi) is 4.57. The van der Waals surface area contributed by atoms with E-state index in [4.69, 9.17) is 9.47 Å². The van der Waals surface area contributed by atoms with Crippen molar-refractivity contribution in [1.82, 2.24) is 20.2 Å². The van der Waals surface area contributed by atoms with E-state index in [2.05, 4.69) is 32.6 Å². The topological polar surface area (TPSA) is 65.3 Å². The first-order valence-electron chi connectivity index (χ1n) is 9.00. The summed E-state index contributed by atoms with van der Waals surface area (Å²) >= 11 is 0. The van der Waals surface area contributed by atoms with Crippen LogP contribution in [0.4, 0.5) is 5.95 Å². The zero-order valence-electron chi connectivity index (χ0n) is 14.7. The zero-order chi connectivity index (χ0) is 17.1. The van der Waals surface area contributed by atoms with Gasteiger partial charge in [0.05, 0.1) is 13.7 Å². The maximum Gasteiger partial charge on any atom is 0.245 e. The molecule has 0 unspecified atom stereocenters. The van der Waals surface area contributed by atoms with Crippen LogP contribution in [0.25, 0.3) is 0 Å². The van der Waals surface area contributed by atoms with E-state index < -0.39 is 0 Å². The molecule has 3 heterocycles. The average molecular weight is 343 g/mol. The molecular weight excluding hydrogens is 318 g/mol. The number of hydrogen-bond acceptors (Lipinski definition) is 6. The number of tetrazole rings is 1. The second-order valence-electron chi connectivity index (χ2n) is 7.08. The van der Waals surface area contributed by atoms with E-state index in [9.17, 15) is 0 Å². The Morgan fingerprint density at radius 3 is 2.72 bits per heavy atom. The number of aromatic nitrogens is 4. The minimum absolute atomic E-state index is 0.394. The molecule has 0 amide bonds. The highest BCUT2D eigenvalue weighted by atomic mass is 16.5. The third-order valence-corrected chi connectivity index (χ3v) is 5.56. The molecule has 4 rings (SSSR count). The van der Waals surface area contributed by atoms with Crippen molar-refractivity contribution >= 4 is 5.95 Å². The molecule has 7 heteroatoms. The van der Waals surface area contributed by atoms with Crippen LogP contribution in [-0.2, 0) is 17.7 Å². The molecular formula is C18H25N5O2. The summed E-state index contributed by atoms with van der Waals surface area (Å²) in [7, 11) is 1.68. The van der Waals surface area contributed by atoms with Gasteiger partial charge in [-0.15, -0.1) is 0 Å². The van der Waals surface area contributed by atoms with Gasteiger partial charge in [-0.2, -0.15) is 0 Å². The Bertz CT molecular complexity index is 694. The van der Waals surface area contributed by atoms with Crippen molar-refractivity contribution in [2.24, 2.45) is 5.41 Å². The molecule has 0 atom stereocenters. The highest BCUT2D eigenvalue weighted by Gasteiger charge is 2.40. The number of nitrogens with zero attached hydrogens (tertiary/aromatic N) is 5. The predicted molar refractivity (Wildman–Crippen MR) is 93.8 cm³/mol. The predicted octanol–water partition coefficient (Wildman–Crippen LogP) is 1.93. The molecule has 2 aromatic rings. The summed E-state index contributed by atoms with van der Waals surface area (Å²) < 4.78 is 12.7. The molecule has 1 spiro atoms. The molecule has 0 saturated carbocycles. The van der Waals surface area contributed by atoms with E-state index in [1.54, 1.807) is 7.11 Å². The van der Waals surface area contributed by atoms with Crippen LogP contribution in [0, 0.1) is 5.41 Å². The van der Waals surface area contributed by atoms with Gasteiger partial charge in [-0.1, -0.05) is 17.2 Å². The van der Waals surface area contributed by atoms with Crippen LogP contribution in [0.1, 0.15) is 24.8 Å². The summed E-state index contributed by atoms with van der Waals surface area (Å²) in [5.74, 6) is 1.78. The molecule has 0 radical (unpaired) electrons. The Labute approximate surface area is 147 Å². The molecule has 134 valence electrons. The van der Waals surface area contributed by atoms with Crippen LogP contribution in [-0.4, -0.2) is 53.6 Å². The lowest BCUT2D eigenvalue weighted by molar-refractivity contribution is 0.0254. The van der Waals surface area contributed by atoms with E-state index in [0.29, 0.717) is 5.41 Å². The van der Waals surface area contributed by atoms with E-state index in [0.717, 1.165) is 63.8 Å². The van der Waals surface area contributed by atoms with Gasteiger partial charge >= 0.3 is 0 Å². The molecule has 25 heavy (non-hydrogen) atoms. The molecule has 2 aliphatic rings. The van der Waals surface area contributed by atoms with E-state index in [1.807, 2.05) is 16.8 Å². The zero-order valence-corrected chi connectivity index (χ0v) is 14.7. The first-order valence-corrected chi connectivity index (χ1v) is 9.00. The minimum Gasteiger partial charge on any atom is -0.497 e. The van der Waals surface area contributed by atoms with E-state index >= 15 is 0 Å². The van der Waals surface area contributed by atoms with Gasteiger partial charge in [-0.25, -0.2) is 4.68 Å². The Hall–Kier alpha value is -2.15. The van der Waals surface area contributed by atoms with Gasteiger partial charge in [0.1, 0.15) is 5.75 Å². The van der Waals surface area contributed by atoms with E-state index in [1.165, 1.54) is 12.0 Å². The Balaban J connectivity index is 1.40. The standard InChI is InChI=1S/C18H25N5O2/c1-24-16-4-2-15(3-5-16)6-10-23-17(19-20-21-23)22-11-7-18(14-22)8-12-25-13-9-18/h2-5H,6-14H2,1H3. The second-order valence-corrected chi connectivity index (χ2v) is 7.08. The maximum absolute atomic E-state index is 5.54. The number of aryl methyl sites for hydroxylation is 2. The van der Waals surface area contributed by atoms with Crippen LogP contribution in [0.15, 0.2) is 24.3 Å². The van der Waals surface area contributed by atoms with Crippen LogP contribution < -0.4 is 9.64 Å². The van der Waals surface area contributed by atoms with Gasteiger partial charge in [0.25, 0.3) is 0 Å². The third kappa shape index (κ3) is 3.46. The Morgan fingerprint density at radius 1 is 1.16 bits per heavy atom. The number of ether oxygens (including phenoxy) is 2. The fourth-order valence-electron chi connectivity index (χ4n) is 3.92. The van der Waals surface area contributed by atoms with Gasteiger partial charge in [-0.3, -0.25) is 0 Å². The summed E-state index contributed by atoms with van der Waals surface area (Å²) in [6.45, 7) is 4.62. The van der Waals surface area contributed by atoms with Crippen molar-refractivity contribution in [3.05, 3.63) is 29.8 Å². The number of rotatable bonds is 5. The van der Waals surface area contributed by atoms with Crippen molar-refractivity contribution < 1.29 is 9.47 Å². The van der Waals surface area contributed by atoms with Gasteiger partial charge in [0.15, 0.2) is 0 Å². The molecule has 2 saturated heterocycles. The van der Waals surface area contributed by atoms with Gasteiger partial charge in [-0.05, 0) is 59.2 Å². The van der Waals surface area contributed by atoms with Crippen LogP contribution in [0.3, 0.4) is 0 Å². The number of hydrogen-bond donors (Lipinski definition) is 0. The number of benzene rings is 1. The lowest BCUT2D eigenvalue weighted by atomic mass is 9.80. The largest absolute Gasteiger partial charge is 0.497 e. The van der Waals surface area contributed by atoms with Crippen molar-refractivity contribution in [3.8, 4) is 5.75 Å². The molecule has 1 aromatic heterocycles. The van der Waals surface area contributed by atoms with Crippen molar-refractivity contribution in [3.63, 3.8) is 0 Å². The SMILES string of the molecule is COc1ccc(CCn2nnnc2N2CCC3(CCOCC3)C2)cc1. The lowest BCUT2D eigenvalue weighted by Crippen LogP contribution is -2.34. The van der Waals surface area contributed by atoms with Crippen LogP contribution in [0.2, 0.25) is 0 Å². The van der Waals surface area contributed by atoms with Crippen molar-refractivity contribution in [1.29, 1.82) is 0 Å². The third-order valence-electron chi connectivity index (χ3n) is 5.56. The molecule has 2 aliphatic heterocycles. The highest BCUT2D eigenvalue weighted by Crippen LogP contribution is 2.40. The van der Waals surface area contributed by atoms with Gasteiger partial charge in [0, 0.05) is 26.3 Å². The Morgan fingerprint density at radius 2 is 1.96 bits per heavy atom. The van der Waals surface area contributed by atoms with Gasteiger partial charge < -0.3 is 14.4 Å². The van der Waals surface area contributed by atoms with Crippen LogP contribution in [0.5, 0.6) is 5.75 Å². The normalized spacial score (nSPS) is 19.5. The average Bonchev–Trinajstić information content (AvgIpc) is 3.28. The summed E-state index contributed by atoms with van der Waals surface area (Å²) in [4.78, 5) is 2.35. The minimum atomic E-state index is 0.394. The van der Waals surface area contributed by atoms with Crippen molar-refractivity contribution in [2.75, 3.05) is 38.3 Å². The lowest BCUT2D eigenvalue weighted by Gasteiger charge is -2.33. The molecule has 0 aliphatic carbocycles. The first kappa shape index (κ1) is 16.3. The quantitative estimate of drug-likeness (QED) is 0.826. The fourth-order valence-corrected chi connectivity index (χ4v) is 3.92. The summed E-state index contributed by atoms with van der Waals surface area (Å²) in [5, 5.41) is 12.4. The smallest absolute Gasteiger partial charge is 0.245 e. The molecule has 1 aromatic carbocycles. The number of anilines is 1. The summed E-state index contributed by atoms with van der Waals surface area (Å²) in [5.41, 5.74) is 1.65. The van der Waals surface area contributed by atoms with E-state index in [-0.39, 0.29) is 0 Å². The maximum atomic E-state index is 5.54. The molecule has 2 fully saturated rings. The monoisotopic (exact) mass is 343 g/mol. The van der Waals surface area contributed by atoms with Crippen LogP contribution >= 0.6 is 0 Å². The number of methoxy groups -OCH3 is 1. The molecule has 0 N–H and O–H groups in total. The fraction of sp³-hybridized carbons (Fsp3) is 0.611. The molecule has 0 bridgehead atoms. The first-order chi connectivity index (χ1) is 12.3. The highest BCUT2D eigenvalue weighted by molar-refractivity contribution is 5.32.